The van der Waals surface area contributed by atoms with Gasteiger partial charge in [0.2, 0.25) is 0 Å². The van der Waals surface area contributed by atoms with E-state index in [2.05, 4.69) is 25.8 Å². The molecule has 2 heteroatoms. The molecule has 0 amide bonds. The predicted octanol–water partition coefficient (Wildman–Crippen LogP) is 1.99. The summed E-state index contributed by atoms with van der Waals surface area (Å²) < 4.78 is 5.28. The van der Waals surface area contributed by atoms with Gasteiger partial charge < -0.3 is 4.74 Å². The van der Waals surface area contributed by atoms with Crippen molar-refractivity contribution < 1.29 is 4.74 Å². The van der Waals surface area contributed by atoms with Gasteiger partial charge in [-0.3, -0.25) is 0 Å². The van der Waals surface area contributed by atoms with Gasteiger partial charge >= 0.3 is 0 Å². The number of hydrogen-bond acceptors (Lipinski definition) is 2. The lowest BCUT2D eigenvalue weighted by atomic mass is 10.1. The van der Waals surface area contributed by atoms with Crippen LogP contribution < -0.4 is 0 Å². The number of nitrogens with zero attached hydrogens (tertiary/aromatic N) is 1. The molecule has 0 N–H and O–H groups in total. The molecule has 58 valence electrons. The van der Waals surface area contributed by atoms with Crippen LogP contribution in [0, 0.1) is 0 Å². The Morgan fingerprint density at radius 2 is 2.10 bits per heavy atom. The molecular formula is C8H15NO. The molecule has 0 aromatic rings. The Balaban J connectivity index is 2.53. The number of aliphatic imine (C=N–C) groups is 1. The Kier molecular flexibility index (Phi) is 1.97. The summed E-state index contributed by atoms with van der Waals surface area (Å²) in [6, 6.07) is 0. The van der Waals surface area contributed by atoms with E-state index in [0.717, 1.165) is 25.3 Å². The van der Waals surface area contributed by atoms with Crippen molar-refractivity contribution in [2.24, 2.45) is 4.99 Å². The largest absolute Gasteiger partial charge is 0.481 e. The Labute approximate surface area is 62.3 Å². The SMILES string of the molecule is CC(C)(C)N=C1CCCO1. The van der Waals surface area contributed by atoms with Crippen molar-refractivity contribution in [3.63, 3.8) is 0 Å². The van der Waals surface area contributed by atoms with Crippen molar-refractivity contribution in [3.05, 3.63) is 0 Å². The Bertz CT molecular complexity index is 136. The topological polar surface area (TPSA) is 21.6 Å². The summed E-state index contributed by atoms with van der Waals surface area (Å²) >= 11 is 0. The summed E-state index contributed by atoms with van der Waals surface area (Å²) in [5.74, 6) is 0.938. The molecule has 0 saturated carbocycles. The smallest absolute Gasteiger partial charge is 0.183 e. The maximum absolute atomic E-state index is 5.28. The molecule has 2 nitrogen and oxygen atoms in total. The van der Waals surface area contributed by atoms with Gasteiger partial charge in [-0.2, -0.15) is 0 Å². The molecule has 10 heavy (non-hydrogen) atoms. The van der Waals surface area contributed by atoms with Gasteiger partial charge in [-0.05, 0) is 27.2 Å². The molecule has 1 aliphatic heterocycles. The van der Waals surface area contributed by atoms with Crippen LogP contribution >= 0.6 is 0 Å². The van der Waals surface area contributed by atoms with Crippen molar-refractivity contribution in [1.82, 2.24) is 0 Å². The van der Waals surface area contributed by atoms with Crippen LogP contribution in [0.3, 0.4) is 0 Å². The van der Waals surface area contributed by atoms with Gasteiger partial charge in [-0.15, -0.1) is 0 Å². The molecule has 0 spiro atoms. The second kappa shape index (κ2) is 2.60. The molecular weight excluding hydrogens is 126 g/mol. The van der Waals surface area contributed by atoms with Gasteiger partial charge in [0.1, 0.15) is 0 Å². The van der Waals surface area contributed by atoms with Gasteiger partial charge in [-0.25, -0.2) is 4.99 Å². The number of hydrogen-bond donors (Lipinski definition) is 0. The minimum atomic E-state index is 0.0275. The average Bonchev–Trinajstić information content (AvgIpc) is 2.12. The Morgan fingerprint density at radius 3 is 2.50 bits per heavy atom. The summed E-state index contributed by atoms with van der Waals surface area (Å²) in [7, 11) is 0. The van der Waals surface area contributed by atoms with Gasteiger partial charge in [-0.1, -0.05) is 0 Å². The van der Waals surface area contributed by atoms with Crippen LogP contribution in [0.2, 0.25) is 0 Å². The molecule has 1 rings (SSSR count). The zero-order chi connectivity index (χ0) is 7.61. The molecule has 0 unspecified atom stereocenters. The zero-order valence-electron chi connectivity index (χ0n) is 6.98. The highest BCUT2D eigenvalue weighted by Gasteiger charge is 2.14. The van der Waals surface area contributed by atoms with Gasteiger partial charge in [0.05, 0.1) is 12.1 Å². The first-order valence-corrected chi connectivity index (χ1v) is 3.79. The van der Waals surface area contributed by atoms with Crippen molar-refractivity contribution in [2.45, 2.75) is 39.2 Å². The zero-order valence-corrected chi connectivity index (χ0v) is 6.98. The molecule has 1 saturated heterocycles. The van der Waals surface area contributed by atoms with Crippen molar-refractivity contribution in [2.75, 3.05) is 6.61 Å². The third-order valence-corrected chi connectivity index (χ3v) is 1.26. The fourth-order valence-electron chi connectivity index (χ4n) is 0.948. The van der Waals surface area contributed by atoms with Crippen molar-refractivity contribution in [1.29, 1.82) is 0 Å². The van der Waals surface area contributed by atoms with E-state index in [1.54, 1.807) is 0 Å². The quantitative estimate of drug-likeness (QED) is 0.505. The average molecular weight is 141 g/mol. The lowest BCUT2D eigenvalue weighted by Crippen LogP contribution is -2.13. The molecule has 0 atom stereocenters. The maximum Gasteiger partial charge on any atom is 0.183 e. The van der Waals surface area contributed by atoms with E-state index in [1.165, 1.54) is 0 Å². The summed E-state index contributed by atoms with van der Waals surface area (Å²) in [6.45, 7) is 7.11. The molecule has 0 radical (unpaired) electrons. The first kappa shape index (κ1) is 7.58. The summed E-state index contributed by atoms with van der Waals surface area (Å²) in [4.78, 5) is 4.40. The lowest BCUT2D eigenvalue weighted by Gasteiger charge is -2.12. The molecule has 0 aliphatic carbocycles. The van der Waals surface area contributed by atoms with E-state index in [9.17, 15) is 0 Å². The third kappa shape index (κ3) is 2.38. The third-order valence-electron chi connectivity index (χ3n) is 1.26. The van der Waals surface area contributed by atoms with Gasteiger partial charge in [0.25, 0.3) is 0 Å². The highest BCUT2D eigenvalue weighted by Crippen LogP contribution is 2.13. The van der Waals surface area contributed by atoms with E-state index >= 15 is 0 Å². The van der Waals surface area contributed by atoms with Crippen molar-refractivity contribution >= 4 is 5.90 Å². The van der Waals surface area contributed by atoms with Crippen LogP contribution in [-0.2, 0) is 4.74 Å². The van der Waals surface area contributed by atoms with Crippen LogP contribution in [-0.4, -0.2) is 18.0 Å². The second-order valence-corrected chi connectivity index (χ2v) is 3.63. The number of ether oxygens (including phenoxy) is 1. The minimum absolute atomic E-state index is 0.0275. The van der Waals surface area contributed by atoms with E-state index < -0.39 is 0 Å². The first-order chi connectivity index (χ1) is 4.58. The molecule has 1 fully saturated rings. The van der Waals surface area contributed by atoms with Crippen LogP contribution in [0.15, 0.2) is 4.99 Å². The predicted molar refractivity (Wildman–Crippen MR) is 42.4 cm³/mol. The van der Waals surface area contributed by atoms with E-state index in [4.69, 9.17) is 4.74 Å². The van der Waals surface area contributed by atoms with Crippen LogP contribution in [0.1, 0.15) is 33.6 Å². The Hall–Kier alpha value is -0.530. The normalized spacial score (nSPS) is 23.3. The fourth-order valence-corrected chi connectivity index (χ4v) is 0.948. The van der Waals surface area contributed by atoms with Crippen molar-refractivity contribution in [3.8, 4) is 0 Å². The summed E-state index contributed by atoms with van der Waals surface area (Å²) in [6.07, 6.45) is 2.16. The Morgan fingerprint density at radius 1 is 1.40 bits per heavy atom. The number of rotatable bonds is 0. The minimum Gasteiger partial charge on any atom is -0.481 e. The summed E-state index contributed by atoms with van der Waals surface area (Å²) in [5.41, 5.74) is 0.0275. The highest BCUT2D eigenvalue weighted by molar-refractivity contribution is 5.77. The fraction of sp³-hybridized carbons (Fsp3) is 0.875. The monoisotopic (exact) mass is 141 g/mol. The van der Waals surface area contributed by atoms with E-state index in [0.29, 0.717) is 0 Å². The maximum atomic E-state index is 5.28. The van der Waals surface area contributed by atoms with Crippen LogP contribution in [0.5, 0.6) is 0 Å². The van der Waals surface area contributed by atoms with Crippen LogP contribution in [0.4, 0.5) is 0 Å². The molecule has 0 aromatic carbocycles. The van der Waals surface area contributed by atoms with E-state index in [-0.39, 0.29) is 5.54 Å². The van der Waals surface area contributed by atoms with Crippen LogP contribution in [0.25, 0.3) is 0 Å². The van der Waals surface area contributed by atoms with E-state index in [1.807, 2.05) is 0 Å². The van der Waals surface area contributed by atoms with Gasteiger partial charge in [0.15, 0.2) is 5.90 Å². The molecule has 0 bridgehead atoms. The first-order valence-electron chi connectivity index (χ1n) is 3.79. The molecule has 0 aromatic heterocycles. The second-order valence-electron chi connectivity index (χ2n) is 3.63. The summed E-state index contributed by atoms with van der Waals surface area (Å²) in [5, 5.41) is 0. The lowest BCUT2D eigenvalue weighted by molar-refractivity contribution is 0.337. The van der Waals surface area contributed by atoms with Gasteiger partial charge in [0, 0.05) is 6.42 Å². The molecule has 1 aliphatic rings. The molecule has 1 heterocycles. The highest BCUT2D eigenvalue weighted by atomic mass is 16.5. The standard InChI is InChI=1S/C8H15NO/c1-8(2,3)9-7-5-4-6-10-7/h4-6H2,1-3H3.